The Balaban J connectivity index is 1.03. The third-order valence-electron chi connectivity index (χ3n) is 11.0. The number of aliphatic hydroxyl groups excluding tert-OH is 1. The van der Waals surface area contributed by atoms with Crippen molar-refractivity contribution in [3.8, 4) is 11.5 Å². The van der Waals surface area contributed by atoms with Gasteiger partial charge in [0.2, 0.25) is 0 Å². The molecular weight excluding hydrogens is 798 g/mol. The molecule has 1 aliphatic carbocycles. The maximum Gasteiger partial charge on any atom is 0.268 e. The highest BCUT2D eigenvalue weighted by Gasteiger charge is 2.31. The molecule has 16 heteroatoms. The molecule has 0 radical (unpaired) electrons. The topological polar surface area (TPSA) is 169 Å². The molecule has 1 atom stereocenters. The van der Waals surface area contributed by atoms with E-state index >= 15 is 0 Å². The Morgan fingerprint density at radius 3 is 2.64 bits per heavy atom. The van der Waals surface area contributed by atoms with E-state index in [-0.39, 0.29) is 40.0 Å². The fourth-order valence-electron chi connectivity index (χ4n) is 7.81. The van der Waals surface area contributed by atoms with Gasteiger partial charge in [-0.05, 0) is 89.5 Å². The number of nitrogens with one attached hydrogen (secondary N) is 3. The number of sulfonamides is 1. The number of amides is 1. The molecule has 0 spiro atoms. The SMILES string of the molecule is CC1(C)CCC(CN2CCN(c3ccc(C(=O)NS(=O)(=O)c4cc(N=O)c5c(c4)SC[C@@H](CO)N5)c(Oc4cnc5[nH]ccc5c4)c3)CC2)=C(c2ccc(Cl)cc2)C1. The van der Waals surface area contributed by atoms with Crippen LogP contribution in [0.3, 0.4) is 0 Å². The van der Waals surface area contributed by atoms with Crippen LogP contribution in [0.1, 0.15) is 49.0 Å². The molecule has 0 saturated carbocycles. The average molecular weight is 842 g/mol. The number of aromatic nitrogens is 2. The number of pyridine rings is 1. The number of benzene rings is 3. The molecule has 0 bridgehead atoms. The Bertz CT molecular complexity index is 2520. The van der Waals surface area contributed by atoms with E-state index < -0.39 is 15.9 Å². The van der Waals surface area contributed by atoms with E-state index in [1.807, 2.05) is 18.2 Å². The number of aliphatic hydroxyl groups is 1. The lowest BCUT2D eigenvalue weighted by molar-refractivity contribution is 0.0979. The number of rotatable bonds is 11. The summed E-state index contributed by atoms with van der Waals surface area (Å²) < 4.78 is 35.9. The molecule has 4 heterocycles. The minimum Gasteiger partial charge on any atom is -0.455 e. The molecule has 2 aliphatic heterocycles. The van der Waals surface area contributed by atoms with E-state index in [2.05, 4.69) is 61.0 Å². The molecule has 0 unspecified atom stereocenters. The van der Waals surface area contributed by atoms with Crippen LogP contribution in [-0.4, -0.2) is 85.4 Å². The molecule has 4 N–H and O–H groups in total. The number of allylic oxidation sites excluding steroid dienone is 1. The van der Waals surface area contributed by atoms with Gasteiger partial charge in [-0.2, -0.15) is 0 Å². The zero-order chi connectivity index (χ0) is 40.6. The van der Waals surface area contributed by atoms with Crippen molar-refractivity contribution in [1.82, 2.24) is 19.6 Å². The lowest BCUT2D eigenvalue weighted by atomic mass is 9.72. The van der Waals surface area contributed by atoms with Gasteiger partial charge in [0.05, 0.1) is 35.0 Å². The van der Waals surface area contributed by atoms with E-state index in [9.17, 15) is 23.2 Å². The lowest BCUT2D eigenvalue weighted by Crippen LogP contribution is -2.47. The lowest BCUT2D eigenvalue weighted by Gasteiger charge is -2.39. The van der Waals surface area contributed by atoms with E-state index in [1.54, 1.807) is 30.5 Å². The van der Waals surface area contributed by atoms with E-state index in [0.29, 0.717) is 27.7 Å². The second kappa shape index (κ2) is 16.4. The Hall–Kier alpha value is -4.93. The summed E-state index contributed by atoms with van der Waals surface area (Å²) in [7, 11) is -4.47. The molecule has 5 aromatic rings. The number of carbonyl (C=O) groups excluding carboxylic acids is 1. The number of anilines is 2. The monoisotopic (exact) mass is 841 g/mol. The number of ether oxygens (including phenoxy) is 1. The van der Waals surface area contributed by atoms with E-state index in [4.69, 9.17) is 16.3 Å². The first-order valence-electron chi connectivity index (χ1n) is 19.2. The Labute approximate surface area is 346 Å². The first-order valence-corrected chi connectivity index (χ1v) is 22.0. The summed E-state index contributed by atoms with van der Waals surface area (Å²) in [5.41, 5.74) is 6.05. The summed E-state index contributed by atoms with van der Waals surface area (Å²) >= 11 is 7.52. The van der Waals surface area contributed by atoms with Crippen molar-refractivity contribution in [2.24, 2.45) is 10.6 Å². The molecule has 1 saturated heterocycles. The minimum atomic E-state index is -4.47. The molecule has 1 amide bonds. The largest absolute Gasteiger partial charge is 0.455 e. The molecule has 302 valence electrons. The second-order valence-electron chi connectivity index (χ2n) is 15.7. The van der Waals surface area contributed by atoms with Crippen LogP contribution in [0.4, 0.5) is 17.1 Å². The maximum absolute atomic E-state index is 13.9. The number of hydrogen-bond acceptors (Lipinski definition) is 12. The minimum absolute atomic E-state index is 0.00413. The van der Waals surface area contributed by atoms with E-state index in [0.717, 1.165) is 74.1 Å². The molecule has 13 nitrogen and oxygen atoms in total. The van der Waals surface area contributed by atoms with Gasteiger partial charge in [-0.25, -0.2) is 18.1 Å². The summed E-state index contributed by atoms with van der Waals surface area (Å²) in [6.07, 6.45) is 6.52. The number of nitrogens with zero attached hydrogens (tertiary/aromatic N) is 4. The predicted molar refractivity (Wildman–Crippen MR) is 229 cm³/mol. The highest BCUT2D eigenvalue weighted by molar-refractivity contribution is 7.99. The van der Waals surface area contributed by atoms with Gasteiger partial charge in [-0.1, -0.05) is 43.2 Å². The van der Waals surface area contributed by atoms with Crippen molar-refractivity contribution in [2.75, 3.05) is 55.3 Å². The van der Waals surface area contributed by atoms with Crippen LogP contribution in [0.25, 0.3) is 16.6 Å². The fourth-order valence-corrected chi connectivity index (χ4v) is 10.1. The Morgan fingerprint density at radius 1 is 1.09 bits per heavy atom. The Kier molecular flexibility index (Phi) is 11.3. The number of thioether (sulfide) groups is 1. The van der Waals surface area contributed by atoms with Crippen LogP contribution in [0, 0.1) is 10.3 Å². The summed E-state index contributed by atoms with van der Waals surface area (Å²) in [5.74, 6) is 0.0631. The molecule has 58 heavy (non-hydrogen) atoms. The highest BCUT2D eigenvalue weighted by Crippen LogP contribution is 2.44. The quantitative estimate of drug-likeness (QED) is 0.0947. The van der Waals surface area contributed by atoms with Crippen LogP contribution < -0.4 is 19.7 Å². The van der Waals surface area contributed by atoms with Gasteiger partial charge in [0, 0.05) is 71.7 Å². The molecule has 1 fully saturated rings. The number of halogens is 1. The van der Waals surface area contributed by atoms with Crippen LogP contribution >= 0.6 is 23.4 Å². The van der Waals surface area contributed by atoms with Crippen molar-refractivity contribution in [1.29, 1.82) is 0 Å². The number of aromatic amines is 1. The van der Waals surface area contributed by atoms with Crippen LogP contribution in [0.5, 0.6) is 11.5 Å². The highest BCUT2D eigenvalue weighted by atomic mass is 35.5. The van der Waals surface area contributed by atoms with Gasteiger partial charge in [0.25, 0.3) is 15.9 Å². The van der Waals surface area contributed by atoms with Crippen molar-refractivity contribution in [2.45, 2.75) is 48.9 Å². The Morgan fingerprint density at radius 2 is 1.88 bits per heavy atom. The number of nitroso groups, excluding NO2 is 1. The normalized spacial score (nSPS) is 18.4. The summed E-state index contributed by atoms with van der Waals surface area (Å²) in [5, 5.41) is 17.2. The number of hydrogen-bond donors (Lipinski definition) is 4. The third kappa shape index (κ3) is 8.59. The number of fused-ring (bicyclic) bond motifs is 2. The van der Waals surface area contributed by atoms with Gasteiger partial charge >= 0.3 is 0 Å². The van der Waals surface area contributed by atoms with Gasteiger partial charge < -0.3 is 25.0 Å². The van der Waals surface area contributed by atoms with Gasteiger partial charge in [0.15, 0.2) is 0 Å². The van der Waals surface area contributed by atoms with Crippen LogP contribution in [0.2, 0.25) is 5.02 Å². The zero-order valence-corrected chi connectivity index (χ0v) is 34.5. The first-order chi connectivity index (χ1) is 27.9. The van der Waals surface area contributed by atoms with Crippen LogP contribution in [-0.2, 0) is 10.0 Å². The van der Waals surface area contributed by atoms with Crippen molar-refractivity contribution >= 4 is 73.0 Å². The molecule has 2 aromatic heterocycles. The number of carbonyl (C=O) groups is 1. The third-order valence-corrected chi connectivity index (χ3v) is 13.8. The number of H-pyrrole nitrogens is 1. The summed E-state index contributed by atoms with van der Waals surface area (Å²) in [4.78, 5) is 38.0. The predicted octanol–water partition coefficient (Wildman–Crippen LogP) is 8.19. The van der Waals surface area contributed by atoms with Gasteiger partial charge in [-0.15, -0.1) is 16.7 Å². The molecular formula is C42H44ClN7O6S2. The molecule has 3 aromatic carbocycles. The van der Waals surface area contributed by atoms with Crippen molar-refractivity contribution < 1.29 is 23.1 Å². The number of piperazine rings is 1. The second-order valence-corrected chi connectivity index (χ2v) is 18.9. The molecule has 8 rings (SSSR count). The average Bonchev–Trinajstić information content (AvgIpc) is 3.69. The maximum atomic E-state index is 13.9. The van der Waals surface area contributed by atoms with Gasteiger partial charge in [-0.3, -0.25) is 9.69 Å². The standard InChI is InChI=1S/C42H44ClN7O6S2/c1-42(2)11-9-28(35(21-42)26-3-5-29(43)6-4-26)23-49-13-15-50(16-14-49)31-7-8-34(37(18-31)56-32-17-27-10-12-44-40(27)45-22-32)41(52)48-58(54,55)33-19-36(47-53)39-38(20-33)57-25-30(24-51)46-39/h3-8,10,12,17-20,22,30,46,51H,9,11,13-16,21,23-25H2,1-2H3,(H,44,45)(H,48,52)/t30-/m1/s1. The smallest absolute Gasteiger partial charge is 0.268 e. The summed E-state index contributed by atoms with van der Waals surface area (Å²) in [6.45, 7) is 8.54. The zero-order valence-electron chi connectivity index (χ0n) is 32.1. The van der Waals surface area contributed by atoms with E-state index in [1.165, 1.54) is 40.7 Å². The summed E-state index contributed by atoms with van der Waals surface area (Å²) in [6, 6.07) is 19.1. The first kappa shape index (κ1) is 39.9. The fraction of sp³-hybridized carbons (Fsp3) is 0.333. The molecule has 3 aliphatic rings. The van der Waals surface area contributed by atoms with Gasteiger partial charge in [0.1, 0.15) is 22.8 Å². The van der Waals surface area contributed by atoms with Crippen molar-refractivity contribution in [3.63, 3.8) is 0 Å². The van der Waals surface area contributed by atoms with Crippen LogP contribution in [0.15, 0.2) is 99.7 Å². The van der Waals surface area contributed by atoms with Crippen molar-refractivity contribution in [3.05, 3.63) is 106 Å².